The molecule has 144 valence electrons. The average Bonchev–Trinajstić information content (AvgIpc) is 2.65. The van der Waals surface area contributed by atoms with Crippen molar-refractivity contribution in [1.82, 2.24) is 14.9 Å². The van der Waals surface area contributed by atoms with Crippen LogP contribution in [0.5, 0.6) is 0 Å². The molecule has 27 heavy (non-hydrogen) atoms. The molecule has 3 heterocycles. The molecule has 1 aromatic heterocycles. The topological polar surface area (TPSA) is 52.2 Å². The van der Waals surface area contributed by atoms with Crippen molar-refractivity contribution in [2.24, 2.45) is 5.92 Å². The maximum atomic E-state index is 13.9. The number of nitrogens with zero attached hydrogens (tertiary/aromatic N) is 3. The van der Waals surface area contributed by atoms with E-state index in [1.807, 2.05) is 4.90 Å². The highest BCUT2D eigenvalue weighted by molar-refractivity contribution is 5.35. The highest BCUT2D eigenvalue weighted by atomic mass is 19.1. The van der Waals surface area contributed by atoms with Gasteiger partial charge in [-0.25, -0.2) is 13.8 Å². The van der Waals surface area contributed by atoms with Gasteiger partial charge in [-0.2, -0.15) is 0 Å². The summed E-state index contributed by atoms with van der Waals surface area (Å²) in [5.41, 5.74) is 1.31. The quantitative estimate of drug-likeness (QED) is 0.898. The first-order valence-electron chi connectivity index (χ1n) is 9.53. The summed E-state index contributed by atoms with van der Waals surface area (Å²) in [7, 11) is 0. The van der Waals surface area contributed by atoms with Crippen molar-refractivity contribution in [2.45, 2.75) is 39.3 Å². The minimum absolute atomic E-state index is 0.0456. The Bertz CT molecular complexity index is 878. The largest absolute Gasteiger partial charge is 0.342 e. The van der Waals surface area contributed by atoms with Crippen LogP contribution in [0.4, 0.5) is 14.7 Å². The molecule has 0 aliphatic carbocycles. The van der Waals surface area contributed by atoms with E-state index in [1.54, 1.807) is 0 Å². The van der Waals surface area contributed by atoms with Crippen molar-refractivity contribution in [3.63, 3.8) is 0 Å². The zero-order chi connectivity index (χ0) is 19.0. The summed E-state index contributed by atoms with van der Waals surface area (Å²) in [6, 6.07) is 3.88. The van der Waals surface area contributed by atoms with Crippen LogP contribution in [-0.2, 0) is 19.5 Å². The second-order valence-corrected chi connectivity index (χ2v) is 7.67. The number of piperidine rings is 1. The fraction of sp³-hybridized carbons (Fsp3) is 0.500. The molecule has 0 amide bonds. The molecule has 1 saturated heterocycles. The summed E-state index contributed by atoms with van der Waals surface area (Å²) >= 11 is 0. The fourth-order valence-corrected chi connectivity index (χ4v) is 4.04. The van der Waals surface area contributed by atoms with E-state index < -0.39 is 11.6 Å². The Kier molecular flexibility index (Phi) is 4.95. The molecule has 1 fully saturated rings. The highest BCUT2D eigenvalue weighted by Crippen LogP contribution is 2.23. The van der Waals surface area contributed by atoms with Crippen molar-refractivity contribution in [3.05, 3.63) is 57.0 Å². The van der Waals surface area contributed by atoms with Crippen molar-refractivity contribution < 1.29 is 8.78 Å². The Hall–Kier alpha value is -2.28. The number of rotatable bonds is 3. The number of anilines is 1. The van der Waals surface area contributed by atoms with E-state index in [0.29, 0.717) is 36.9 Å². The van der Waals surface area contributed by atoms with Crippen molar-refractivity contribution >= 4 is 5.95 Å². The number of fused-ring (bicyclic) bond motifs is 1. The third-order valence-electron chi connectivity index (χ3n) is 5.54. The molecule has 7 heteroatoms. The third kappa shape index (κ3) is 3.74. The summed E-state index contributed by atoms with van der Waals surface area (Å²) in [6.07, 6.45) is 2.91. The van der Waals surface area contributed by atoms with Crippen LogP contribution in [0.1, 0.15) is 36.6 Å². The molecular formula is C20H24F2N4O. The van der Waals surface area contributed by atoms with E-state index in [9.17, 15) is 13.6 Å². The molecule has 0 bridgehead atoms. The molecule has 1 atom stereocenters. The van der Waals surface area contributed by atoms with E-state index >= 15 is 0 Å². The van der Waals surface area contributed by atoms with Gasteiger partial charge < -0.3 is 4.90 Å². The van der Waals surface area contributed by atoms with Gasteiger partial charge in [-0.15, -0.1) is 0 Å². The first-order valence-corrected chi connectivity index (χ1v) is 9.53. The van der Waals surface area contributed by atoms with E-state index in [0.717, 1.165) is 25.2 Å². The molecule has 5 nitrogen and oxygen atoms in total. The first-order chi connectivity index (χ1) is 13.0. The molecule has 2 aliphatic rings. The third-order valence-corrected chi connectivity index (χ3v) is 5.54. The van der Waals surface area contributed by atoms with Crippen LogP contribution in [0.2, 0.25) is 0 Å². The van der Waals surface area contributed by atoms with Crippen molar-refractivity contribution in [2.75, 3.05) is 24.5 Å². The fourth-order valence-electron chi connectivity index (χ4n) is 4.04. The number of halogens is 2. The average molecular weight is 374 g/mol. The second kappa shape index (κ2) is 7.38. The predicted octanol–water partition coefficient (Wildman–Crippen LogP) is 2.84. The molecule has 1 aromatic carbocycles. The maximum Gasteiger partial charge on any atom is 0.257 e. The van der Waals surface area contributed by atoms with Gasteiger partial charge in [-0.3, -0.25) is 14.7 Å². The van der Waals surface area contributed by atoms with Crippen molar-refractivity contribution in [1.29, 1.82) is 0 Å². The molecule has 1 N–H and O–H groups in total. The predicted molar refractivity (Wildman–Crippen MR) is 99.6 cm³/mol. The number of aromatic amines is 1. The Morgan fingerprint density at radius 1 is 1.26 bits per heavy atom. The number of H-pyrrole nitrogens is 1. The summed E-state index contributed by atoms with van der Waals surface area (Å²) < 4.78 is 27.8. The molecular weight excluding hydrogens is 350 g/mol. The van der Waals surface area contributed by atoms with Crippen LogP contribution in [-0.4, -0.2) is 34.5 Å². The summed E-state index contributed by atoms with van der Waals surface area (Å²) in [5.74, 6) is 0.134. The molecule has 2 aromatic rings. The smallest absolute Gasteiger partial charge is 0.257 e. The van der Waals surface area contributed by atoms with Gasteiger partial charge >= 0.3 is 0 Å². The van der Waals surface area contributed by atoms with Gasteiger partial charge in [0.1, 0.15) is 11.6 Å². The minimum atomic E-state index is -0.553. The standard InChI is InChI=1S/C20H24F2N4O/c1-13-4-3-8-26(10-13)20-23-18-7-9-25(12-15(18)19(27)24-20)11-14-16(21)5-2-6-17(14)22/h2,5-6,13H,3-4,7-12H2,1H3,(H,23,24,27)/t13-/m0/s1. The van der Waals surface area contributed by atoms with E-state index in [4.69, 9.17) is 4.98 Å². The number of hydrogen-bond acceptors (Lipinski definition) is 4. The van der Waals surface area contributed by atoms with Gasteiger partial charge in [0.05, 0.1) is 11.3 Å². The summed E-state index contributed by atoms with van der Waals surface area (Å²) in [6.45, 7) is 5.13. The SMILES string of the molecule is C[C@H]1CCCN(c2nc3c(c(=O)[nH]2)CN(Cc2c(F)cccc2F)CC3)C1. The Labute approximate surface area is 157 Å². The summed E-state index contributed by atoms with van der Waals surface area (Å²) in [5, 5.41) is 0. The zero-order valence-corrected chi connectivity index (χ0v) is 15.5. The van der Waals surface area contributed by atoms with Gasteiger partial charge in [0.25, 0.3) is 5.56 Å². The molecule has 0 saturated carbocycles. The van der Waals surface area contributed by atoms with Gasteiger partial charge in [-0.1, -0.05) is 13.0 Å². The lowest BCUT2D eigenvalue weighted by molar-refractivity contribution is 0.235. The lowest BCUT2D eigenvalue weighted by Crippen LogP contribution is -2.40. The highest BCUT2D eigenvalue weighted by Gasteiger charge is 2.25. The van der Waals surface area contributed by atoms with Crippen molar-refractivity contribution in [3.8, 4) is 0 Å². The number of aromatic nitrogens is 2. The molecule has 2 aliphatic heterocycles. The first kappa shape index (κ1) is 18.1. The molecule has 0 radical (unpaired) electrons. The van der Waals surface area contributed by atoms with Gasteiger partial charge in [0.2, 0.25) is 5.95 Å². The van der Waals surface area contributed by atoms with Gasteiger partial charge in [-0.05, 0) is 30.9 Å². The maximum absolute atomic E-state index is 13.9. The van der Waals surface area contributed by atoms with Crippen LogP contribution in [0, 0.1) is 17.6 Å². The van der Waals surface area contributed by atoms with E-state index in [1.165, 1.54) is 24.6 Å². The Morgan fingerprint density at radius 2 is 2.04 bits per heavy atom. The number of hydrogen-bond donors (Lipinski definition) is 1. The molecule has 0 spiro atoms. The second-order valence-electron chi connectivity index (χ2n) is 7.67. The molecule has 0 unspecified atom stereocenters. The van der Waals surface area contributed by atoms with Gasteiger partial charge in [0.15, 0.2) is 0 Å². The summed E-state index contributed by atoms with van der Waals surface area (Å²) in [4.78, 5) is 24.3. The lowest BCUT2D eigenvalue weighted by atomic mass is 10.0. The Morgan fingerprint density at radius 3 is 2.78 bits per heavy atom. The van der Waals surface area contributed by atoms with Gasteiger partial charge in [0, 0.05) is 44.7 Å². The molecule has 4 rings (SSSR count). The van der Waals surface area contributed by atoms with Crippen LogP contribution in [0.3, 0.4) is 0 Å². The zero-order valence-electron chi connectivity index (χ0n) is 15.5. The van der Waals surface area contributed by atoms with E-state index in [2.05, 4.69) is 16.8 Å². The number of benzene rings is 1. The van der Waals surface area contributed by atoms with Crippen LogP contribution < -0.4 is 10.5 Å². The Balaban J connectivity index is 1.54. The normalized spacial score (nSPS) is 20.6. The van der Waals surface area contributed by atoms with Crippen LogP contribution in [0.25, 0.3) is 0 Å². The van der Waals surface area contributed by atoms with Crippen LogP contribution in [0.15, 0.2) is 23.0 Å². The number of nitrogens with one attached hydrogen (secondary N) is 1. The monoisotopic (exact) mass is 374 g/mol. The van der Waals surface area contributed by atoms with Crippen LogP contribution >= 0.6 is 0 Å². The minimum Gasteiger partial charge on any atom is -0.342 e. The van der Waals surface area contributed by atoms with E-state index in [-0.39, 0.29) is 17.7 Å². The lowest BCUT2D eigenvalue weighted by Gasteiger charge is -2.33.